The molecule has 0 aliphatic heterocycles. The molecule has 1 unspecified atom stereocenters. The van der Waals surface area contributed by atoms with Gasteiger partial charge in [-0.25, -0.2) is 0 Å². The normalized spacial score (nSPS) is 12.0. The fourth-order valence-corrected chi connectivity index (χ4v) is 2.94. The highest BCUT2D eigenvalue weighted by molar-refractivity contribution is 5.76. The van der Waals surface area contributed by atoms with Crippen LogP contribution in [0.2, 0.25) is 0 Å². The second kappa shape index (κ2) is 9.79. The first kappa shape index (κ1) is 20.5. The maximum absolute atomic E-state index is 12.3. The minimum atomic E-state index is -0.0663. The summed E-state index contributed by atoms with van der Waals surface area (Å²) in [5.41, 5.74) is 1.90. The van der Waals surface area contributed by atoms with Crippen LogP contribution in [0, 0.1) is 0 Å². The highest BCUT2D eigenvalue weighted by atomic mass is 16.5. The Morgan fingerprint density at radius 2 is 2.03 bits per heavy atom. The van der Waals surface area contributed by atoms with Crippen molar-refractivity contribution in [2.75, 3.05) is 27.7 Å². The van der Waals surface area contributed by atoms with Crippen LogP contribution in [0.1, 0.15) is 23.9 Å². The van der Waals surface area contributed by atoms with E-state index in [1.165, 1.54) is 0 Å². The van der Waals surface area contributed by atoms with Crippen molar-refractivity contribution in [3.05, 3.63) is 60.2 Å². The topological polar surface area (TPSA) is 93.4 Å². The average molecular weight is 395 g/mol. The van der Waals surface area contributed by atoms with Crippen molar-refractivity contribution < 1.29 is 14.1 Å². The SMILES string of the molecule is COc1cccc(C(CNC(=O)CCc2nc(-c3ccncc3)no2)N(C)C)c1. The van der Waals surface area contributed by atoms with Crippen LogP contribution in [0.15, 0.2) is 53.3 Å². The molecule has 0 aliphatic rings. The van der Waals surface area contributed by atoms with Crippen LogP contribution in [0.25, 0.3) is 11.4 Å². The number of hydrogen-bond donors (Lipinski definition) is 1. The van der Waals surface area contributed by atoms with Crippen molar-refractivity contribution in [2.45, 2.75) is 18.9 Å². The van der Waals surface area contributed by atoms with Crippen LogP contribution in [0.4, 0.5) is 0 Å². The van der Waals surface area contributed by atoms with Crippen molar-refractivity contribution in [1.29, 1.82) is 0 Å². The Hall–Kier alpha value is -3.26. The predicted molar refractivity (Wildman–Crippen MR) is 108 cm³/mol. The van der Waals surface area contributed by atoms with Crippen LogP contribution in [0.3, 0.4) is 0 Å². The van der Waals surface area contributed by atoms with Gasteiger partial charge in [0.2, 0.25) is 17.6 Å². The van der Waals surface area contributed by atoms with Crippen molar-refractivity contribution in [3.63, 3.8) is 0 Å². The van der Waals surface area contributed by atoms with E-state index in [2.05, 4.69) is 25.3 Å². The van der Waals surface area contributed by atoms with E-state index in [1.807, 2.05) is 38.4 Å². The molecule has 8 nitrogen and oxygen atoms in total. The van der Waals surface area contributed by atoms with Gasteiger partial charge in [-0.2, -0.15) is 4.98 Å². The van der Waals surface area contributed by atoms with Gasteiger partial charge in [-0.3, -0.25) is 9.78 Å². The molecule has 0 aliphatic carbocycles. The van der Waals surface area contributed by atoms with Gasteiger partial charge in [-0.05, 0) is 43.9 Å². The quantitative estimate of drug-likeness (QED) is 0.595. The highest BCUT2D eigenvalue weighted by Gasteiger charge is 2.17. The van der Waals surface area contributed by atoms with E-state index >= 15 is 0 Å². The van der Waals surface area contributed by atoms with Gasteiger partial charge in [0.15, 0.2) is 0 Å². The van der Waals surface area contributed by atoms with Crippen LogP contribution in [-0.2, 0) is 11.2 Å². The number of amides is 1. The van der Waals surface area contributed by atoms with Gasteiger partial charge < -0.3 is 19.5 Å². The van der Waals surface area contributed by atoms with Gasteiger partial charge >= 0.3 is 0 Å². The molecule has 1 aromatic carbocycles. The lowest BCUT2D eigenvalue weighted by atomic mass is 10.1. The van der Waals surface area contributed by atoms with Gasteiger partial charge in [0.25, 0.3) is 0 Å². The Labute approximate surface area is 169 Å². The predicted octanol–water partition coefficient (Wildman–Crippen LogP) is 2.49. The van der Waals surface area contributed by atoms with Crippen LogP contribution < -0.4 is 10.1 Å². The van der Waals surface area contributed by atoms with E-state index in [0.717, 1.165) is 16.9 Å². The van der Waals surface area contributed by atoms with Gasteiger partial charge in [0, 0.05) is 37.3 Å². The molecule has 0 fully saturated rings. The summed E-state index contributed by atoms with van der Waals surface area (Å²) < 4.78 is 10.5. The second-order valence-corrected chi connectivity index (χ2v) is 6.81. The number of carbonyl (C=O) groups is 1. The second-order valence-electron chi connectivity index (χ2n) is 6.81. The summed E-state index contributed by atoms with van der Waals surface area (Å²) in [5, 5.41) is 6.94. The first-order valence-electron chi connectivity index (χ1n) is 9.37. The molecule has 3 aromatic rings. The number of aryl methyl sites for hydroxylation is 1. The molecule has 0 saturated heterocycles. The minimum absolute atomic E-state index is 0.0377. The number of likely N-dealkylation sites (N-methyl/N-ethyl adjacent to an activating group) is 1. The maximum Gasteiger partial charge on any atom is 0.227 e. The first-order chi connectivity index (χ1) is 14.1. The third kappa shape index (κ3) is 5.61. The number of pyridine rings is 1. The number of nitrogens with one attached hydrogen (secondary N) is 1. The lowest BCUT2D eigenvalue weighted by Gasteiger charge is -2.25. The van der Waals surface area contributed by atoms with Gasteiger partial charge in [-0.1, -0.05) is 17.3 Å². The number of benzene rings is 1. The zero-order valence-corrected chi connectivity index (χ0v) is 16.8. The third-order valence-electron chi connectivity index (χ3n) is 4.57. The molecule has 0 saturated carbocycles. The van der Waals surface area contributed by atoms with Gasteiger partial charge in [0.1, 0.15) is 5.75 Å². The van der Waals surface area contributed by atoms with Crippen molar-refractivity contribution in [1.82, 2.24) is 25.3 Å². The monoisotopic (exact) mass is 395 g/mol. The number of aromatic nitrogens is 3. The molecule has 2 heterocycles. The number of rotatable bonds is 9. The zero-order valence-electron chi connectivity index (χ0n) is 16.8. The number of ether oxygens (including phenoxy) is 1. The van der Waals surface area contributed by atoms with E-state index in [9.17, 15) is 4.79 Å². The molecule has 1 N–H and O–H groups in total. The Bertz CT molecular complexity index is 927. The summed E-state index contributed by atoms with van der Waals surface area (Å²) in [6.07, 6.45) is 4.00. The van der Waals surface area contributed by atoms with Gasteiger partial charge in [-0.15, -0.1) is 0 Å². The summed E-state index contributed by atoms with van der Waals surface area (Å²) in [7, 11) is 5.61. The molecule has 152 valence electrons. The Balaban J connectivity index is 1.53. The fourth-order valence-electron chi connectivity index (χ4n) is 2.94. The smallest absolute Gasteiger partial charge is 0.227 e. The van der Waals surface area contributed by atoms with E-state index < -0.39 is 0 Å². The molecule has 0 spiro atoms. The third-order valence-corrected chi connectivity index (χ3v) is 4.57. The summed E-state index contributed by atoms with van der Waals surface area (Å²) in [4.78, 5) is 22.7. The standard InChI is InChI=1S/C21H25N5O3/c1-26(2)18(16-5-4-6-17(13-16)28-3)14-23-19(27)7-8-20-24-21(25-29-20)15-9-11-22-12-10-15/h4-6,9-13,18H,7-8,14H2,1-3H3,(H,23,27). The molecule has 8 heteroatoms. The molecule has 1 amide bonds. The summed E-state index contributed by atoms with van der Waals surface area (Å²) in [6, 6.07) is 11.5. The molecular formula is C21H25N5O3. The number of methoxy groups -OCH3 is 1. The first-order valence-corrected chi connectivity index (χ1v) is 9.37. The fraction of sp³-hybridized carbons (Fsp3) is 0.333. The van der Waals surface area contributed by atoms with E-state index in [0.29, 0.717) is 24.7 Å². The average Bonchev–Trinajstić information content (AvgIpc) is 3.22. The van der Waals surface area contributed by atoms with Crippen LogP contribution >= 0.6 is 0 Å². The Morgan fingerprint density at radius 3 is 2.76 bits per heavy atom. The van der Waals surface area contributed by atoms with Gasteiger partial charge in [0.05, 0.1) is 13.2 Å². The summed E-state index contributed by atoms with van der Waals surface area (Å²) in [6.45, 7) is 0.491. The number of carbonyl (C=O) groups excluding carboxylic acids is 1. The highest BCUT2D eigenvalue weighted by Crippen LogP contribution is 2.22. The lowest BCUT2D eigenvalue weighted by Crippen LogP contribution is -2.34. The number of nitrogens with zero attached hydrogens (tertiary/aromatic N) is 4. The molecule has 29 heavy (non-hydrogen) atoms. The number of hydrogen-bond acceptors (Lipinski definition) is 7. The molecule has 1 atom stereocenters. The van der Waals surface area contributed by atoms with E-state index in [4.69, 9.17) is 9.26 Å². The summed E-state index contributed by atoms with van der Waals surface area (Å²) in [5.74, 6) is 1.66. The van der Waals surface area contributed by atoms with E-state index in [1.54, 1.807) is 31.6 Å². The molecule has 0 bridgehead atoms. The minimum Gasteiger partial charge on any atom is -0.497 e. The molecular weight excluding hydrogens is 370 g/mol. The lowest BCUT2D eigenvalue weighted by molar-refractivity contribution is -0.121. The molecule has 3 rings (SSSR count). The van der Waals surface area contributed by atoms with Crippen molar-refractivity contribution in [3.8, 4) is 17.1 Å². The van der Waals surface area contributed by atoms with Crippen LogP contribution in [-0.4, -0.2) is 53.7 Å². The maximum atomic E-state index is 12.3. The zero-order chi connectivity index (χ0) is 20.6. The molecule has 2 aromatic heterocycles. The van der Waals surface area contributed by atoms with Crippen molar-refractivity contribution >= 4 is 5.91 Å². The van der Waals surface area contributed by atoms with Crippen LogP contribution in [0.5, 0.6) is 5.75 Å². The Kier molecular flexibility index (Phi) is 6.91. The Morgan fingerprint density at radius 1 is 1.24 bits per heavy atom. The summed E-state index contributed by atoms with van der Waals surface area (Å²) >= 11 is 0. The largest absolute Gasteiger partial charge is 0.497 e. The van der Waals surface area contributed by atoms with Crippen molar-refractivity contribution in [2.24, 2.45) is 0 Å². The molecule has 0 radical (unpaired) electrons. The van der Waals surface area contributed by atoms with E-state index in [-0.39, 0.29) is 18.4 Å².